The van der Waals surface area contributed by atoms with Gasteiger partial charge in [-0.1, -0.05) is 30.4 Å². The Balaban J connectivity index is 1.49. The van der Waals surface area contributed by atoms with Crippen LogP contribution in [0.4, 0.5) is 5.69 Å². The average molecular weight is 242 g/mol. The molecule has 0 unspecified atom stereocenters. The normalized spacial score (nSPS) is 21.7. The van der Waals surface area contributed by atoms with Crippen LogP contribution in [0.5, 0.6) is 0 Å². The minimum Gasteiger partial charge on any atom is -0.371 e. The zero-order valence-corrected chi connectivity index (χ0v) is 10.9. The second kappa shape index (κ2) is 5.57. The van der Waals surface area contributed by atoms with Crippen LogP contribution in [-0.2, 0) is 0 Å². The molecular weight excluding hydrogens is 220 g/mol. The van der Waals surface area contributed by atoms with Crippen molar-refractivity contribution in [1.29, 1.82) is 0 Å². The van der Waals surface area contributed by atoms with Gasteiger partial charge in [0, 0.05) is 30.9 Å². The lowest BCUT2D eigenvalue weighted by molar-refractivity contribution is 0.372. The molecule has 18 heavy (non-hydrogen) atoms. The first-order valence-corrected chi connectivity index (χ1v) is 7.13. The molecule has 1 aliphatic carbocycles. The predicted octanol–water partition coefficient (Wildman–Crippen LogP) is 2.96. The number of benzene rings is 1. The minimum atomic E-state index is 0.707. The molecule has 3 rings (SSSR count). The topological polar surface area (TPSA) is 15.3 Å². The molecule has 0 aromatic heterocycles. The van der Waals surface area contributed by atoms with Crippen LogP contribution in [0.15, 0.2) is 42.5 Å². The van der Waals surface area contributed by atoms with Crippen molar-refractivity contribution in [3.63, 3.8) is 0 Å². The van der Waals surface area contributed by atoms with Crippen LogP contribution in [0.25, 0.3) is 0 Å². The van der Waals surface area contributed by atoms with Gasteiger partial charge in [0.1, 0.15) is 0 Å². The van der Waals surface area contributed by atoms with Gasteiger partial charge in [-0.15, -0.1) is 0 Å². The summed E-state index contributed by atoms with van der Waals surface area (Å²) in [4.78, 5) is 2.51. The van der Waals surface area contributed by atoms with Crippen LogP contribution in [0.2, 0.25) is 0 Å². The minimum absolute atomic E-state index is 0.707. The summed E-state index contributed by atoms with van der Waals surface area (Å²) in [6, 6.07) is 12.2. The lowest BCUT2D eigenvalue weighted by atomic mass is 10.0. The molecule has 0 atom stereocenters. The summed E-state index contributed by atoms with van der Waals surface area (Å²) in [5.74, 6) is 0. The van der Waals surface area contributed by atoms with Crippen molar-refractivity contribution in [1.82, 2.24) is 5.32 Å². The third kappa shape index (κ3) is 2.75. The average Bonchev–Trinajstić information content (AvgIpc) is 2.94. The Hall–Kier alpha value is -1.28. The van der Waals surface area contributed by atoms with E-state index < -0.39 is 0 Å². The molecule has 96 valence electrons. The van der Waals surface area contributed by atoms with Crippen molar-refractivity contribution in [2.24, 2.45) is 0 Å². The van der Waals surface area contributed by atoms with Gasteiger partial charge >= 0.3 is 0 Å². The van der Waals surface area contributed by atoms with Gasteiger partial charge in [-0.05, 0) is 37.8 Å². The largest absolute Gasteiger partial charge is 0.371 e. The third-order valence-corrected chi connectivity index (χ3v) is 4.10. The number of rotatable bonds is 3. The number of piperidine rings is 1. The highest BCUT2D eigenvalue weighted by Crippen LogP contribution is 2.20. The van der Waals surface area contributed by atoms with E-state index >= 15 is 0 Å². The number of hydrogen-bond donors (Lipinski definition) is 1. The van der Waals surface area contributed by atoms with E-state index in [9.17, 15) is 0 Å². The molecule has 1 N–H and O–H groups in total. The molecule has 0 bridgehead atoms. The van der Waals surface area contributed by atoms with Crippen molar-refractivity contribution < 1.29 is 0 Å². The van der Waals surface area contributed by atoms with Gasteiger partial charge in [0.15, 0.2) is 0 Å². The van der Waals surface area contributed by atoms with Gasteiger partial charge in [0.2, 0.25) is 0 Å². The molecule has 0 spiro atoms. The summed E-state index contributed by atoms with van der Waals surface area (Å²) in [5.41, 5.74) is 1.37. The molecule has 1 aliphatic heterocycles. The summed E-state index contributed by atoms with van der Waals surface area (Å²) >= 11 is 0. The molecule has 0 radical (unpaired) electrons. The van der Waals surface area contributed by atoms with Crippen molar-refractivity contribution in [2.75, 3.05) is 18.0 Å². The predicted molar refractivity (Wildman–Crippen MR) is 77.0 cm³/mol. The highest BCUT2D eigenvalue weighted by atomic mass is 15.1. The van der Waals surface area contributed by atoms with E-state index in [0.29, 0.717) is 6.04 Å². The molecule has 0 saturated carbocycles. The Labute approximate surface area is 110 Å². The quantitative estimate of drug-likeness (QED) is 0.820. The van der Waals surface area contributed by atoms with Gasteiger partial charge in [-0.3, -0.25) is 0 Å². The van der Waals surface area contributed by atoms with E-state index in [0.717, 1.165) is 6.04 Å². The zero-order chi connectivity index (χ0) is 12.2. The summed E-state index contributed by atoms with van der Waals surface area (Å²) in [5, 5.41) is 3.80. The monoisotopic (exact) mass is 242 g/mol. The fraction of sp³-hybridized carbons (Fsp3) is 0.500. The molecule has 1 saturated heterocycles. The molecule has 0 amide bonds. The first-order valence-electron chi connectivity index (χ1n) is 7.13. The maximum atomic E-state index is 3.80. The number of nitrogens with one attached hydrogen (secondary N) is 1. The fourth-order valence-corrected chi connectivity index (χ4v) is 3.03. The Morgan fingerprint density at radius 1 is 0.889 bits per heavy atom. The molecule has 2 heteroatoms. The Kier molecular flexibility index (Phi) is 3.65. The van der Waals surface area contributed by atoms with E-state index in [1.54, 1.807) is 0 Å². The van der Waals surface area contributed by atoms with E-state index in [2.05, 4.69) is 52.7 Å². The highest BCUT2D eigenvalue weighted by Gasteiger charge is 2.21. The molecular formula is C16H22N2. The van der Waals surface area contributed by atoms with Crippen LogP contribution in [0.3, 0.4) is 0 Å². The van der Waals surface area contributed by atoms with Crippen LogP contribution < -0.4 is 10.2 Å². The second-order valence-electron chi connectivity index (χ2n) is 5.40. The number of hydrogen-bond acceptors (Lipinski definition) is 2. The van der Waals surface area contributed by atoms with Crippen LogP contribution in [-0.4, -0.2) is 25.2 Å². The Morgan fingerprint density at radius 2 is 1.56 bits per heavy atom. The van der Waals surface area contributed by atoms with Gasteiger partial charge in [0.25, 0.3) is 0 Å². The van der Waals surface area contributed by atoms with Gasteiger partial charge in [-0.2, -0.15) is 0 Å². The maximum absolute atomic E-state index is 3.80. The second-order valence-corrected chi connectivity index (χ2v) is 5.40. The Morgan fingerprint density at radius 3 is 2.22 bits per heavy atom. The summed E-state index contributed by atoms with van der Waals surface area (Å²) in [7, 11) is 0. The summed E-state index contributed by atoms with van der Waals surface area (Å²) in [6.45, 7) is 2.36. The lowest BCUT2D eigenvalue weighted by Gasteiger charge is -2.35. The molecule has 1 fully saturated rings. The molecule has 1 aromatic carbocycles. The lowest BCUT2D eigenvalue weighted by Crippen LogP contribution is -2.45. The maximum Gasteiger partial charge on any atom is 0.0366 e. The van der Waals surface area contributed by atoms with Crippen molar-refractivity contribution in [3.05, 3.63) is 42.5 Å². The Bertz CT molecular complexity index is 383. The van der Waals surface area contributed by atoms with E-state index in [1.807, 2.05) is 0 Å². The summed E-state index contributed by atoms with van der Waals surface area (Å²) < 4.78 is 0. The standard InChI is InChI=1S/C16H22N2/c1-2-8-16(9-3-1)18-12-10-15(11-13-18)17-14-6-4-5-7-14/h1-5,8-9,14-15,17H,6-7,10-13H2. The van der Waals surface area contributed by atoms with E-state index in [1.165, 1.54) is 44.5 Å². The van der Waals surface area contributed by atoms with E-state index in [4.69, 9.17) is 0 Å². The van der Waals surface area contributed by atoms with Crippen LogP contribution >= 0.6 is 0 Å². The number of para-hydroxylation sites is 1. The van der Waals surface area contributed by atoms with Crippen LogP contribution in [0, 0.1) is 0 Å². The van der Waals surface area contributed by atoms with Crippen LogP contribution in [0.1, 0.15) is 25.7 Å². The molecule has 2 aliphatic rings. The summed E-state index contributed by atoms with van der Waals surface area (Å²) in [6.07, 6.45) is 9.59. The number of anilines is 1. The molecule has 2 nitrogen and oxygen atoms in total. The SMILES string of the molecule is C1=CCC(NC2CCN(c3ccccc3)CC2)C1. The zero-order valence-electron chi connectivity index (χ0n) is 10.9. The van der Waals surface area contributed by atoms with E-state index in [-0.39, 0.29) is 0 Å². The highest BCUT2D eigenvalue weighted by molar-refractivity contribution is 5.46. The van der Waals surface area contributed by atoms with Gasteiger partial charge in [0.05, 0.1) is 0 Å². The van der Waals surface area contributed by atoms with Crippen molar-refractivity contribution in [2.45, 2.75) is 37.8 Å². The molecule has 1 aromatic rings. The fourth-order valence-electron chi connectivity index (χ4n) is 3.03. The van der Waals surface area contributed by atoms with Gasteiger partial charge in [-0.25, -0.2) is 0 Å². The first kappa shape index (κ1) is 11.8. The smallest absolute Gasteiger partial charge is 0.0366 e. The third-order valence-electron chi connectivity index (χ3n) is 4.10. The van der Waals surface area contributed by atoms with Crippen molar-refractivity contribution in [3.8, 4) is 0 Å². The number of nitrogens with zero attached hydrogens (tertiary/aromatic N) is 1. The first-order chi connectivity index (χ1) is 8.92. The van der Waals surface area contributed by atoms with Gasteiger partial charge < -0.3 is 10.2 Å². The van der Waals surface area contributed by atoms with Crippen molar-refractivity contribution >= 4 is 5.69 Å². The molecule has 1 heterocycles.